The fraction of sp³-hybridized carbons (Fsp3) is 0.312. The van der Waals surface area contributed by atoms with Crippen molar-refractivity contribution in [3.8, 4) is 0 Å². The van der Waals surface area contributed by atoms with Gasteiger partial charge < -0.3 is 15.3 Å². The summed E-state index contributed by atoms with van der Waals surface area (Å²) in [5.74, 6) is -0.0299. The molecule has 0 saturated carbocycles. The van der Waals surface area contributed by atoms with Gasteiger partial charge in [0.05, 0.1) is 12.1 Å². The van der Waals surface area contributed by atoms with Gasteiger partial charge in [-0.05, 0) is 36.2 Å². The van der Waals surface area contributed by atoms with Crippen LogP contribution in [-0.4, -0.2) is 40.9 Å². The molecule has 1 aromatic heterocycles. The summed E-state index contributed by atoms with van der Waals surface area (Å²) in [5.41, 5.74) is 1.13. The van der Waals surface area contributed by atoms with Crippen LogP contribution in [0.1, 0.15) is 28.5 Å². The lowest BCUT2D eigenvalue weighted by Crippen LogP contribution is -2.26. The van der Waals surface area contributed by atoms with E-state index in [2.05, 4.69) is 15.5 Å². The third kappa shape index (κ3) is 3.14. The summed E-state index contributed by atoms with van der Waals surface area (Å²) < 4.78 is 13.1. The molecule has 1 amide bonds. The number of carbonyl (C=O) groups excluding carboxylic acids is 1. The number of benzene rings is 1. The van der Waals surface area contributed by atoms with Gasteiger partial charge in [0.2, 0.25) is 0 Å². The van der Waals surface area contributed by atoms with Crippen molar-refractivity contribution in [1.29, 1.82) is 0 Å². The summed E-state index contributed by atoms with van der Waals surface area (Å²) in [6.45, 7) is 0.413. The Balaban J connectivity index is 1.87. The molecule has 2 atom stereocenters. The molecule has 0 unspecified atom stereocenters. The summed E-state index contributed by atoms with van der Waals surface area (Å²) >= 11 is 0. The zero-order valence-electron chi connectivity index (χ0n) is 12.6. The van der Waals surface area contributed by atoms with Gasteiger partial charge in [-0.15, -0.1) is 10.2 Å². The van der Waals surface area contributed by atoms with E-state index in [1.807, 2.05) is 4.90 Å². The smallest absolute Gasteiger partial charge is 0.271 e. The quantitative estimate of drug-likeness (QED) is 0.892. The van der Waals surface area contributed by atoms with E-state index < -0.39 is 6.10 Å². The highest BCUT2D eigenvalue weighted by Gasteiger charge is 2.33. The number of nitrogens with zero attached hydrogens (tertiary/aromatic N) is 3. The average molecular weight is 316 g/mol. The molecule has 23 heavy (non-hydrogen) atoms. The third-order valence-corrected chi connectivity index (χ3v) is 3.94. The second-order valence-electron chi connectivity index (χ2n) is 5.47. The second-order valence-corrected chi connectivity index (χ2v) is 5.47. The highest BCUT2D eigenvalue weighted by molar-refractivity contribution is 5.91. The van der Waals surface area contributed by atoms with Crippen molar-refractivity contribution in [2.45, 2.75) is 18.6 Å². The van der Waals surface area contributed by atoms with Crippen LogP contribution in [0.5, 0.6) is 0 Å². The van der Waals surface area contributed by atoms with Gasteiger partial charge in [0.15, 0.2) is 11.5 Å². The Labute approximate surface area is 133 Å². The minimum absolute atomic E-state index is 0.106. The molecule has 7 heteroatoms. The number of hydrogen-bond acceptors (Lipinski definition) is 5. The van der Waals surface area contributed by atoms with Crippen LogP contribution < -0.4 is 10.2 Å². The van der Waals surface area contributed by atoms with Crippen molar-refractivity contribution >= 4 is 11.7 Å². The Hall–Kier alpha value is -2.54. The first-order chi connectivity index (χ1) is 11.1. The third-order valence-electron chi connectivity index (χ3n) is 3.94. The van der Waals surface area contributed by atoms with Crippen molar-refractivity contribution < 1.29 is 14.3 Å². The molecule has 1 aliphatic heterocycles. The lowest BCUT2D eigenvalue weighted by Gasteiger charge is -2.25. The highest BCUT2D eigenvalue weighted by atomic mass is 19.1. The molecule has 6 nitrogen and oxygen atoms in total. The van der Waals surface area contributed by atoms with Crippen LogP contribution in [0.2, 0.25) is 0 Å². The van der Waals surface area contributed by atoms with Crippen molar-refractivity contribution in [1.82, 2.24) is 15.5 Å². The number of aliphatic hydroxyl groups is 1. The molecule has 0 spiro atoms. The molecule has 0 bridgehead atoms. The number of hydrogen-bond donors (Lipinski definition) is 2. The first-order valence-electron chi connectivity index (χ1n) is 7.34. The number of rotatable bonds is 3. The molecule has 120 valence electrons. The maximum absolute atomic E-state index is 13.1. The van der Waals surface area contributed by atoms with Gasteiger partial charge in [-0.3, -0.25) is 4.79 Å². The Morgan fingerprint density at radius 1 is 1.26 bits per heavy atom. The first-order valence-corrected chi connectivity index (χ1v) is 7.34. The summed E-state index contributed by atoms with van der Waals surface area (Å²) in [6.07, 6.45) is 0.0373. The van der Waals surface area contributed by atoms with Gasteiger partial charge in [0.1, 0.15) is 5.82 Å². The zero-order chi connectivity index (χ0) is 16.4. The number of anilines is 1. The Kier molecular flexibility index (Phi) is 4.20. The van der Waals surface area contributed by atoms with Crippen LogP contribution in [0.15, 0.2) is 36.4 Å². The monoisotopic (exact) mass is 316 g/mol. The molecule has 1 fully saturated rings. The van der Waals surface area contributed by atoms with E-state index in [-0.39, 0.29) is 23.5 Å². The minimum Gasteiger partial charge on any atom is -0.391 e. The molecular weight excluding hydrogens is 299 g/mol. The van der Waals surface area contributed by atoms with Crippen molar-refractivity contribution in [2.75, 3.05) is 18.5 Å². The normalized spacial score (nSPS) is 20.6. The maximum atomic E-state index is 13.1. The Morgan fingerprint density at radius 3 is 2.61 bits per heavy atom. The van der Waals surface area contributed by atoms with E-state index in [1.54, 1.807) is 24.3 Å². The van der Waals surface area contributed by atoms with E-state index in [0.29, 0.717) is 18.8 Å². The Bertz CT molecular complexity index is 690. The molecule has 1 aromatic carbocycles. The molecule has 2 N–H and O–H groups in total. The Morgan fingerprint density at radius 2 is 2.00 bits per heavy atom. The van der Waals surface area contributed by atoms with Gasteiger partial charge >= 0.3 is 0 Å². The molecule has 3 rings (SSSR count). The number of aromatic nitrogens is 2. The van der Waals surface area contributed by atoms with E-state index >= 15 is 0 Å². The minimum atomic E-state index is -0.495. The number of nitrogens with one attached hydrogen (secondary N) is 1. The first kappa shape index (κ1) is 15.4. The summed E-state index contributed by atoms with van der Waals surface area (Å²) in [7, 11) is 1.53. The predicted molar refractivity (Wildman–Crippen MR) is 82.5 cm³/mol. The summed E-state index contributed by atoms with van der Waals surface area (Å²) in [4.78, 5) is 13.4. The number of aliphatic hydroxyl groups excluding tert-OH is 1. The van der Waals surface area contributed by atoms with Crippen LogP contribution in [-0.2, 0) is 0 Å². The lowest BCUT2D eigenvalue weighted by molar-refractivity contribution is 0.0957. The molecule has 2 aromatic rings. The van der Waals surface area contributed by atoms with E-state index in [0.717, 1.165) is 5.56 Å². The van der Waals surface area contributed by atoms with Crippen LogP contribution in [0.3, 0.4) is 0 Å². The molecular formula is C16H17FN4O2. The van der Waals surface area contributed by atoms with Crippen molar-refractivity contribution in [2.24, 2.45) is 0 Å². The van der Waals surface area contributed by atoms with Gasteiger partial charge in [-0.25, -0.2) is 4.39 Å². The van der Waals surface area contributed by atoms with Gasteiger partial charge in [0, 0.05) is 13.6 Å². The highest BCUT2D eigenvalue weighted by Crippen LogP contribution is 2.35. The molecule has 1 saturated heterocycles. The largest absolute Gasteiger partial charge is 0.391 e. The lowest BCUT2D eigenvalue weighted by atomic mass is 10.0. The SMILES string of the molecule is CNC(=O)c1ccc(N2C[C@@H](O)C[C@H]2c2ccc(F)cc2)nn1. The molecule has 0 radical (unpaired) electrons. The molecule has 1 aliphatic rings. The fourth-order valence-corrected chi connectivity index (χ4v) is 2.80. The number of carbonyl (C=O) groups is 1. The topological polar surface area (TPSA) is 78.4 Å². The fourth-order valence-electron chi connectivity index (χ4n) is 2.80. The number of halogens is 1. The zero-order valence-corrected chi connectivity index (χ0v) is 12.6. The number of β-amino-alcohol motifs (C(OH)–C–C–N with tert-alkyl or cyclic N) is 1. The maximum Gasteiger partial charge on any atom is 0.271 e. The van der Waals surface area contributed by atoms with Gasteiger partial charge in [-0.2, -0.15) is 0 Å². The van der Waals surface area contributed by atoms with Crippen LogP contribution >= 0.6 is 0 Å². The average Bonchev–Trinajstić information content (AvgIpc) is 2.97. The van der Waals surface area contributed by atoms with Crippen molar-refractivity contribution in [3.63, 3.8) is 0 Å². The van der Waals surface area contributed by atoms with Gasteiger partial charge in [-0.1, -0.05) is 12.1 Å². The predicted octanol–water partition coefficient (Wildman–Crippen LogP) is 1.29. The summed E-state index contributed by atoms with van der Waals surface area (Å²) in [5, 5.41) is 20.5. The van der Waals surface area contributed by atoms with Crippen LogP contribution in [0.4, 0.5) is 10.2 Å². The van der Waals surface area contributed by atoms with Gasteiger partial charge in [0.25, 0.3) is 5.91 Å². The summed E-state index contributed by atoms with van der Waals surface area (Å²) in [6, 6.07) is 9.40. The van der Waals surface area contributed by atoms with Crippen molar-refractivity contribution in [3.05, 3.63) is 53.5 Å². The van der Waals surface area contributed by atoms with Crippen LogP contribution in [0.25, 0.3) is 0 Å². The molecule has 0 aliphatic carbocycles. The standard InChI is InChI=1S/C16H17FN4O2/c1-18-16(23)13-6-7-15(20-19-13)21-9-12(22)8-14(21)10-2-4-11(17)5-3-10/h2-7,12,14,22H,8-9H2,1H3,(H,18,23)/t12-,14-/m0/s1. The van der Waals surface area contributed by atoms with E-state index in [4.69, 9.17) is 0 Å². The van der Waals surface area contributed by atoms with E-state index in [1.165, 1.54) is 19.2 Å². The van der Waals surface area contributed by atoms with Crippen LogP contribution in [0, 0.1) is 5.82 Å². The second kappa shape index (κ2) is 6.29. The number of amides is 1. The molecule has 2 heterocycles. The van der Waals surface area contributed by atoms with E-state index in [9.17, 15) is 14.3 Å².